The molecular formula is C28H33N7O3. The Labute approximate surface area is 221 Å². The number of hydrogen-bond acceptors (Lipinski definition) is 7. The molecule has 198 valence electrons. The van der Waals surface area contributed by atoms with Crippen LogP contribution in [-0.4, -0.2) is 66.7 Å². The lowest BCUT2D eigenvalue weighted by atomic mass is 10.0. The van der Waals surface area contributed by atoms with Crippen molar-refractivity contribution in [1.29, 1.82) is 0 Å². The zero-order valence-corrected chi connectivity index (χ0v) is 22.3. The number of amides is 2. The summed E-state index contributed by atoms with van der Waals surface area (Å²) in [7, 11) is 5.39. The van der Waals surface area contributed by atoms with Crippen LogP contribution in [0.5, 0.6) is 0 Å². The van der Waals surface area contributed by atoms with Gasteiger partial charge in [-0.2, -0.15) is 0 Å². The minimum atomic E-state index is -0.451. The molecule has 0 spiro atoms. The van der Waals surface area contributed by atoms with Gasteiger partial charge in [0.2, 0.25) is 5.43 Å². The molecular weight excluding hydrogens is 482 g/mol. The molecule has 1 aromatic carbocycles. The van der Waals surface area contributed by atoms with Crippen LogP contribution in [0.2, 0.25) is 0 Å². The van der Waals surface area contributed by atoms with Crippen LogP contribution < -0.4 is 21.8 Å². The van der Waals surface area contributed by atoms with E-state index in [0.717, 1.165) is 16.8 Å². The summed E-state index contributed by atoms with van der Waals surface area (Å²) in [6.07, 6.45) is 7.07. The van der Waals surface area contributed by atoms with Gasteiger partial charge < -0.3 is 31.2 Å². The number of amidine groups is 1. The van der Waals surface area contributed by atoms with Crippen LogP contribution in [0.1, 0.15) is 51.7 Å². The Hall–Kier alpha value is -4.60. The lowest BCUT2D eigenvalue weighted by Gasteiger charge is -2.31. The minimum absolute atomic E-state index is 0.0419. The first-order valence-electron chi connectivity index (χ1n) is 12.3. The summed E-state index contributed by atoms with van der Waals surface area (Å²) < 4.78 is 0. The summed E-state index contributed by atoms with van der Waals surface area (Å²) in [5.74, 6) is 0.476. The van der Waals surface area contributed by atoms with Crippen LogP contribution in [0.25, 0.3) is 5.70 Å². The van der Waals surface area contributed by atoms with Crippen LogP contribution in [0, 0.1) is 0 Å². The van der Waals surface area contributed by atoms with E-state index in [1.165, 1.54) is 6.20 Å². The highest BCUT2D eigenvalue weighted by Gasteiger charge is 2.28. The van der Waals surface area contributed by atoms with Gasteiger partial charge in [-0.25, -0.2) is 4.99 Å². The largest absolute Gasteiger partial charge is 0.402 e. The van der Waals surface area contributed by atoms with Crippen molar-refractivity contribution >= 4 is 29.2 Å². The second-order valence-electron chi connectivity index (χ2n) is 9.51. The topological polar surface area (TPSA) is 136 Å². The molecule has 0 bridgehead atoms. The number of benzene rings is 1. The van der Waals surface area contributed by atoms with E-state index in [2.05, 4.69) is 25.5 Å². The first-order chi connectivity index (χ1) is 18.1. The Morgan fingerprint density at radius 2 is 2.00 bits per heavy atom. The Bertz CT molecular complexity index is 1460. The standard InChI is InChI=1S/C28H33N7O3/c1-16(29)11-23-33-26-24(17(2)35(23)5)25(36)21(14-31-26)28(38)32-13-18-9-10-22(34(4)15-18)19-7-6-8-20(12-19)27(37)30-3/h6-12,14,17H,13,15,29H2,1-5H3,(H,30,37)(H,31,36)(H,32,38)/b16-11-. The smallest absolute Gasteiger partial charge is 0.257 e. The van der Waals surface area contributed by atoms with Gasteiger partial charge in [0.05, 0.1) is 11.6 Å². The van der Waals surface area contributed by atoms with E-state index < -0.39 is 5.91 Å². The molecule has 0 radical (unpaired) electrons. The van der Waals surface area contributed by atoms with E-state index in [9.17, 15) is 14.4 Å². The van der Waals surface area contributed by atoms with Crippen molar-refractivity contribution in [2.45, 2.75) is 19.9 Å². The quantitative estimate of drug-likeness (QED) is 0.466. The fraction of sp³-hybridized carbons (Fsp3) is 0.286. The highest BCUT2D eigenvalue weighted by atomic mass is 16.2. The van der Waals surface area contributed by atoms with E-state index in [1.807, 2.05) is 56.3 Å². The molecule has 10 heteroatoms. The molecule has 2 aliphatic heterocycles. The number of aromatic nitrogens is 1. The molecule has 2 aliphatic rings. The number of aromatic amines is 1. The molecule has 38 heavy (non-hydrogen) atoms. The number of aliphatic imine (C=N–C) groups is 1. The molecule has 4 rings (SSSR count). The normalized spacial score (nSPS) is 17.2. The number of carbonyl (C=O) groups is 2. The molecule has 5 N–H and O–H groups in total. The van der Waals surface area contributed by atoms with Gasteiger partial charge in [0.1, 0.15) is 17.2 Å². The SMILES string of the molecule is CNC(=O)c1cccc(C2=CC=C(CNC(=O)c3c[nH]c4c(c3=O)C(C)N(C)C(/C=C(/C)N)=N4)CN2C)c1. The molecule has 10 nitrogen and oxygen atoms in total. The predicted molar refractivity (Wildman–Crippen MR) is 149 cm³/mol. The number of allylic oxidation sites excluding steroid dienone is 3. The maximum absolute atomic E-state index is 13.3. The Kier molecular flexibility index (Phi) is 7.52. The number of carbonyl (C=O) groups excluding carboxylic acids is 2. The van der Waals surface area contributed by atoms with Crippen molar-refractivity contribution in [1.82, 2.24) is 25.4 Å². The van der Waals surface area contributed by atoms with Crippen molar-refractivity contribution in [3.8, 4) is 0 Å². The summed E-state index contributed by atoms with van der Waals surface area (Å²) >= 11 is 0. The summed E-state index contributed by atoms with van der Waals surface area (Å²) in [6.45, 7) is 4.54. The number of fused-ring (bicyclic) bond motifs is 1. The maximum atomic E-state index is 13.3. The Balaban J connectivity index is 1.50. The fourth-order valence-electron chi connectivity index (χ4n) is 4.56. The van der Waals surface area contributed by atoms with Crippen molar-refractivity contribution in [2.75, 3.05) is 34.2 Å². The summed E-state index contributed by atoms with van der Waals surface area (Å²) in [5.41, 5.74) is 10.0. The third-order valence-electron chi connectivity index (χ3n) is 6.74. The monoisotopic (exact) mass is 515 g/mol. The third-order valence-corrected chi connectivity index (χ3v) is 6.74. The lowest BCUT2D eigenvalue weighted by molar-refractivity contribution is 0.0950. The number of pyridine rings is 1. The Morgan fingerprint density at radius 1 is 1.24 bits per heavy atom. The molecule has 0 aliphatic carbocycles. The number of nitrogens with zero attached hydrogens (tertiary/aromatic N) is 3. The third kappa shape index (κ3) is 5.24. The van der Waals surface area contributed by atoms with Crippen molar-refractivity contribution < 1.29 is 9.59 Å². The summed E-state index contributed by atoms with van der Waals surface area (Å²) in [5, 5.41) is 5.51. The van der Waals surface area contributed by atoms with Crippen LogP contribution >= 0.6 is 0 Å². The zero-order valence-electron chi connectivity index (χ0n) is 22.3. The van der Waals surface area contributed by atoms with Gasteiger partial charge in [0.15, 0.2) is 0 Å². The van der Waals surface area contributed by atoms with E-state index in [0.29, 0.717) is 41.6 Å². The second kappa shape index (κ2) is 10.8. The second-order valence-corrected chi connectivity index (χ2v) is 9.51. The van der Waals surface area contributed by atoms with E-state index in [1.54, 1.807) is 26.1 Å². The van der Waals surface area contributed by atoms with Gasteiger partial charge >= 0.3 is 0 Å². The first kappa shape index (κ1) is 26.5. The highest BCUT2D eigenvalue weighted by Crippen LogP contribution is 2.30. The number of likely N-dealkylation sites (N-methyl/N-ethyl adjacent to an activating group) is 2. The van der Waals surface area contributed by atoms with Gasteiger partial charge in [0.25, 0.3) is 11.8 Å². The Morgan fingerprint density at radius 3 is 2.68 bits per heavy atom. The molecule has 1 unspecified atom stereocenters. The lowest BCUT2D eigenvalue weighted by Crippen LogP contribution is -2.38. The average Bonchev–Trinajstić information content (AvgIpc) is 2.89. The molecule has 0 fully saturated rings. The van der Waals surface area contributed by atoms with E-state index >= 15 is 0 Å². The van der Waals surface area contributed by atoms with Crippen LogP contribution in [0.3, 0.4) is 0 Å². The van der Waals surface area contributed by atoms with Gasteiger partial charge in [-0.1, -0.05) is 18.2 Å². The summed E-state index contributed by atoms with van der Waals surface area (Å²) in [6, 6.07) is 7.14. The van der Waals surface area contributed by atoms with Gasteiger partial charge in [-0.05, 0) is 49.3 Å². The van der Waals surface area contributed by atoms with Crippen LogP contribution in [0.15, 0.2) is 69.7 Å². The van der Waals surface area contributed by atoms with Crippen LogP contribution in [-0.2, 0) is 0 Å². The molecule has 0 saturated carbocycles. The van der Waals surface area contributed by atoms with Crippen molar-refractivity contribution in [3.63, 3.8) is 0 Å². The predicted octanol–water partition coefficient (Wildman–Crippen LogP) is 2.28. The van der Waals surface area contributed by atoms with Crippen molar-refractivity contribution in [3.05, 3.63) is 92.4 Å². The van der Waals surface area contributed by atoms with Gasteiger partial charge in [-0.15, -0.1) is 0 Å². The minimum Gasteiger partial charge on any atom is -0.402 e. The van der Waals surface area contributed by atoms with E-state index in [4.69, 9.17) is 5.73 Å². The molecule has 2 amide bonds. The first-order valence-corrected chi connectivity index (χ1v) is 12.3. The highest BCUT2D eigenvalue weighted by molar-refractivity contribution is 5.98. The number of nitrogens with two attached hydrogens (primary N) is 1. The molecule has 1 atom stereocenters. The van der Waals surface area contributed by atoms with Crippen LogP contribution in [0.4, 0.5) is 5.82 Å². The summed E-state index contributed by atoms with van der Waals surface area (Å²) in [4.78, 5) is 49.7. The van der Waals surface area contributed by atoms with Gasteiger partial charge in [-0.3, -0.25) is 14.4 Å². The van der Waals surface area contributed by atoms with Gasteiger partial charge in [0, 0.05) is 57.4 Å². The number of rotatable bonds is 6. The fourth-order valence-corrected chi connectivity index (χ4v) is 4.56. The number of H-pyrrole nitrogens is 1. The molecule has 2 aromatic rings. The van der Waals surface area contributed by atoms with Crippen molar-refractivity contribution in [2.24, 2.45) is 10.7 Å². The molecule has 3 heterocycles. The zero-order chi connectivity index (χ0) is 27.6. The van der Waals surface area contributed by atoms with E-state index in [-0.39, 0.29) is 22.9 Å². The number of nitrogens with one attached hydrogen (secondary N) is 3. The molecule has 1 aromatic heterocycles. The average molecular weight is 516 g/mol. The maximum Gasteiger partial charge on any atom is 0.257 e. The molecule has 0 saturated heterocycles. The number of hydrogen-bond donors (Lipinski definition) is 4.